The molecule has 1 aromatic heterocycles. The fourth-order valence-electron chi connectivity index (χ4n) is 2.09. The maximum absolute atomic E-state index is 11.7. The molecule has 3 N–H and O–H groups in total. The van der Waals surface area contributed by atoms with Gasteiger partial charge in [0.1, 0.15) is 0 Å². The molecule has 1 heterocycles. The summed E-state index contributed by atoms with van der Waals surface area (Å²) >= 11 is 0. The highest BCUT2D eigenvalue weighted by molar-refractivity contribution is 5.73. The lowest BCUT2D eigenvalue weighted by atomic mass is 10.1. The van der Waals surface area contributed by atoms with Gasteiger partial charge < -0.3 is 15.7 Å². The van der Waals surface area contributed by atoms with E-state index in [1.807, 2.05) is 49.4 Å². The summed E-state index contributed by atoms with van der Waals surface area (Å²) in [5.74, 6) is 0. The van der Waals surface area contributed by atoms with Crippen molar-refractivity contribution >= 4 is 6.03 Å². The number of amides is 2. The predicted octanol–water partition coefficient (Wildman–Crippen LogP) is 2.31. The van der Waals surface area contributed by atoms with E-state index in [1.54, 1.807) is 6.20 Å². The first-order valence-electron chi connectivity index (χ1n) is 7.32. The number of carbonyl (C=O) groups is 1. The third kappa shape index (κ3) is 4.86. The molecule has 5 heteroatoms. The summed E-state index contributed by atoms with van der Waals surface area (Å²) in [5.41, 5.74) is 2.75. The summed E-state index contributed by atoms with van der Waals surface area (Å²) < 4.78 is 0. The lowest BCUT2D eigenvalue weighted by Crippen LogP contribution is -2.36. The molecule has 0 aliphatic rings. The van der Waals surface area contributed by atoms with Crippen molar-refractivity contribution in [3.05, 3.63) is 65.5 Å². The number of aromatic nitrogens is 1. The molecule has 2 rings (SSSR count). The summed E-state index contributed by atoms with van der Waals surface area (Å²) in [6.07, 6.45) is 1.61. The second-order valence-corrected chi connectivity index (χ2v) is 5.09. The standard InChI is InChI=1S/C17H21N3O2/c1-13-6-5-10-18-15(13)12-20-17(22)19-11-9-16(21)14-7-3-2-4-8-14/h2-8,10,16,21H,9,11-12H2,1H3,(H2,19,20,22). The first-order chi connectivity index (χ1) is 10.7. The van der Waals surface area contributed by atoms with E-state index in [-0.39, 0.29) is 6.03 Å². The summed E-state index contributed by atoms with van der Waals surface area (Å²) in [6, 6.07) is 13.0. The van der Waals surface area contributed by atoms with Gasteiger partial charge in [0.25, 0.3) is 0 Å². The van der Waals surface area contributed by atoms with Crippen molar-refractivity contribution in [3.63, 3.8) is 0 Å². The highest BCUT2D eigenvalue weighted by Gasteiger charge is 2.08. The first-order valence-corrected chi connectivity index (χ1v) is 7.32. The molecule has 5 nitrogen and oxygen atoms in total. The van der Waals surface area contributed by atoms with E-state index in [1.165, 1.54) is 0 Å². The minimum absolute atomic E-state index is 0.259. The molecule has 22 heavy (non-hydrogen) atoms. The van der Waals surface area contributed by atoms with E-state index < -0.39 is 6.10 Å². The van der Waals surface area contributed by atoms with Crippen LogP contribution in [0.2, 0.25) is 0 Å². The Morgan fingerprint density at radius 2 is 1.95 bits per heavy atom. The number of benzene rings is 1. The zero-order valence-corrected chi connectivity index (χ0v) is 12.6. The Morgan fingerprint density at radius 3 is 2.68 bits per heavy atom. The lowest BCUT2D eigenvalue weighted by molar-refractivity contribution is 0.167. The van der Waals surface area contributed by atoms with E-state index in [9.17, 15) is 9.90 Å². The van der Waals surface area contributed by atoms with Crippen LogP contribution in [0.25, 0.3) is 0 Å². The summed E-state index contributed by atoms with van der Waals surface area (Å²) in [5, 5.41) is 15.5. The van der Waals surface area contributed by atoms with Gasteiger partial charge in [-0.25, -0.2) is 4.79 Å². The predicted molar refractivity (Wildman–Crippen MR) is 85.2 cm³/mol. The number of hydrogen-bond donors (Lipinski definition) is 3. The van der Waals surface area contributed by atoms with Crippen LogP contribution in [0.4, 0.5) is 4.79 Å². The molecule has 1 unspecified atom stereocenters. The Hall–Kier alpha value is -2.40. The molecular weight excluding hydrogens is 278 g/mol. The molecule has 0 bridgehead atoms. The SMILES string of the molecule is Cc1cccnc1CNC(=O)NCCC(O)c1ccccc1. The van der Waals surface area contributed by atoms with Gasteiger partial charge >= 0.3 is 6.03 Å². The largest absolute Gasteiger partial charge is 0.388 e. The number of carbonyl (C=O) groups excluding carboxylic acids is 1. The minimum atomic E-state index is -0.570. The third-order valence-corrected chi connectivity index (χ3v) is 3.42. The van der Waals surface area contributed by atoms with Crippen molar-refractivity contribution in [3.8, 4) is 0 Å². The smallest absolute Gasteiger partial charge is 0.315 e. The summed E-state index contributed by atoms with van der Waals surface area (Å²) in [6.45, 7) is 2.75. The first kappa shape index (κ1) is 16.0. The van der Waals surface area contributed by atoms with Gasteiger partial charge in [-0.15, -0.1) is 0 Å². The van der Waals surface area contributed by atoms with Gasteiger partial charge in [-0.05, 0) is 30.5 Å². The summed E-state index contributed by atoms with van der Waals surface area (Å²) in [4.78, 5) is 15.9. The molecule has 0 saturated heterocycles. The van der Waals surface area contributed by atoms with Gasteiger partial charge in [0.15, 0.2) is 0 Å². The number of pyridine rings is 1. The number of aliphatic hydroxyl groups excluding tert-OH is 1. The zero-order chi connectivity index (χ0) is 15.8. The van der Waals surface area contributed by atoms with E-state index in [0.717, 1.165) is 16.8 Å². The number of hydrogen-bond acceptors (Lipinski definition) is 3. The average molecular weight is 299 g/mol. The number of aryl methyl sites for hydroxylation is 1. The Morgan fingerprint density at radius 1 is 1.18 bits per heavy atom. The van der Waals surface area contributed by atoms with Crippen LogP contribution in [0.15, 0.2) is 48.7 Å². The van der Waals surface area contributed by atoms with Crippen LogP contribution in [0.5, 0.6) is 0 Å². The Balaban J connectivity index is 1.69. The number of nitrogens with one attached hydrogen (secondary N) is 2. The van der Waals surface area contributed by atoms with Crippen LogP contribution in [-0.2, 0) is 6.54 Å². The van der Waals surface area contributed by atoms with Crippen molar-refractivity contribution in [1.29, 1.82) is 0 Å². The quantitative estimate of drug-likeness (QED) is 0.766. The van der Waals surface area contributed by atoms with Gasteiger partial charge in [0.05, 0.1) is 18.3 Å². The van der Waals surface area contributed by atoms with Crippen molar-refractivity contribution in [2.45, 2.75) is 26.0 Å². The van der Waals surface area contributed by atoms with Crippen LogP contribution in [0.3, 0.4) is 0 Å². The molecule has 2 amide bonds. The van der Waals surface area contributed by atoms with E-state index >= 15 is 0 Å². The van der Waals surface area contributed by atoms with Crippen LogP contribution in [0, 0.1) is 6.92 Å². The molecule has 1 atom stereocenters. The summed E-state index contributed by atoms with van der Waals surface area (Å²) in [7, 11) is 0. The molecule has 0 aliphatic carbocycles. The van der Waals surface area contributed by atoms with Crippen molar-refractivity contribution in [2.24, 2.45) is 0 Å². The van der Waals surface area contributed by atoms with Crippen molar-refractivity contribution in [2.75, 3.05) is 6.54 Å². The minimum Gasteiger partial charge on any atom is -0.388 e. The van der Waals surface area contributed by atoms with Crippen LogP contribution >= 0.6 is 0 Å². The number of nitrogens with zero attached hydrogens (tertiary/aromatic N) is 1. The second kappa shape index (κ2) is 8.14. The molecule has 0 spiro atoms. The molecule has 0 aliphatic heterocycles. The van der Waals surface area contributed by atoms with Gasteiger partial charge in [-0.2, -0.15) is 0 Å². The molecule has 0 saturated carbocycles. The maximum Gasteiger partial charge on any atom is 0.315 e. The molecule has 2 aromatic rings. The van der Waals surface area contributed by atoms with E-state index in [4.69, 9.17) is 0 Å². The zero-order valence-electron chi connectivity index (χ0n) is 12.6. The number of aliphatic hydroxyl groups is 1. The van der Waals surface area contributed by atoms with Crippen molar-refractivity contribution in [1.82, 2.24) is 15.6 Å². The lowest BCUT2D eigenvalue weighted by Gasteiger charge is -2.12. The van der Waals surface area contributed by atoms with E-state index in [0.29, 0.717) is 19.5 Å². The fraction of sp³-hybridized carbons (Fsp3) is 0.294. The molecule has 116 valence electrons. The number of rotatable bonds is 6. The highest BCUT2D eigenvalue weighted by Crippen LogP contribution is 2.14. The maximum atomic E-state index is 11.7. The number of urea groups is 1. The van der Waals surface area contributed by atoms with Gasteiger partial charge in [0.2, 0.25) is 0 Å². The highest BCUT2D eigenvalue weighted by atomic mass is 16.3. The van der Waals surface area contributed by atoms with Gasteiger partial charge in [-0.1, -0.05) is 36.4 Å². The van der Waals surface area contributed by atoms with Gasteiger partial charge in [0, 0.05) is 12.7 Å². The fourth-order valence-corrected chi connectivity index (χ4v) is 2.09. The molecular formula is C17H21N3O2. The second-order valence-electron chi connectivity index (χ2n) is 5.09. The molecule has 1 aromatic carbocycles. The molecule has 0 radical (unpaired) electrons. The third-order valence-electron chi connectivity index (χ3n) is 3.42. The van der Waals surface area contributed by atoms with E-state index in [2.05, 4.69) is 15.6 Å². The van der Waals surface area contributed by atoms with Crippen LogP contribution in [0.1, 0.15) is 29.3 Å². The Bertz CT molecular complexity index is 602. The van der Waals surface area contributed by atoms with Gasteiger partial charge in [-0.3, -0.25) is 4.98 Å². The van der Waals surface area contributed by atoms with Crippen LogP contribution in [-0.4, -0.2) is 22.7 Å². The Labute approximate surface area is 130 Å². The normalized spacial score (nSPS) is 11.7. The Kier molecular flexibility index (Phi) is 5.91. The average Bonchev–Trinajstić information content (AvgIpc) is 2.55. The van der Waals surface area contributed by atoms with Crippen molar-refractivity contribution < 1.29 is 9.90 Å². The molecule has 0 fully saturated rings. The monoisotopic (exact) mass is 299 g/mol. The topological polar surface area (TPSA) is 74.2 Å². The van der Waals surface area contributed by atoms with Crippen LogP contribution < -0.4 is 10.6 Å².